The SMILES string of the molecule is Cc1cc([C@H]2[C@@H](c3ccccn3)NC(=S)N2c2ccccc2O)c(C)n1-c1ccc2c(c1)OCO2. The number of anilines is 1. The Morgan fingerprint density at radius 1 is 1.00 bits per heavy atom. The number of phenols is 1. The molecular formula is C27H24N4O3S. The summed E-state index contributed by atoms with van der Waals surface area (Å²) in [6.45, 7) is 4.43. The molecule has 0 radical (unpaired) electrons. The van der Waals surface area contributed by atoms with Crippen molar-refractivity contribution in [3.05, 3.63) is 95.6 Å². The molecule has 4 heterocycles. The molecule has 176 valence electrons. The number of phenolic OH excluding ortho intramolecular Hbond substituents is 1. The zero-order chi connectivity index (χ0) is 24.1. The summed E-state index contributed by atoms with van der Waals surface area (Å²) in [7, 11) is 0. The highest BCUT2D eigenvalue weighted by Crippen LogP contribution is 2.46. The van der Waals surface area contributed by atoms with E-state index in [4.69, 9.17) is 21.7 Å². The van der Waals surface area contributed by atoms with Gasteiger partial charge < -0.3 is 29.4 Å². The van der Waals surface area contributed by atoms with Gasteiger partial charge in [0.1, 0.15) is 5.75 Å². The maximum Gasteiger partial charge on any atom is 0.231 e. The topological polar surface area (TPSA) is 71.8 Å². The van der Waals surface area contributed by atoms with Gasteiger partial charge in [0, 0.05) is 29.3 Å². The minimum Gasteiger partial charge on any atom is -0.506 e. The van der Waals surface area contributed by atoms with Crippen LogP contribution in [0.25, 0.3) is 5.69 Å². The molecule has 1 fully saturated rings. The van der Waals surface area contributed by atoms with E-state index >= 15 is 0 Å². The van der Waals surface area contributed by atoms with E-state index in [2.05, 4.69) is 34.8 Å². The Morgan fingerprint density at radius 3 is 2.60 bits per heavy atom. The number of pyridine rings is 1. The third kappa shape index (κ3) is 3.49. The van der Waals surface area contributed by atoms with Crippen LogP contribution < -0.4 is 19.7 Å². The van der Waals surface area contributed by atoms with Crippen molar-refractivity contribution in [2.24, 2.45) is 0 Å². The van der Waals surface area contributed by atoms with Crippen molar-refractivity contribution in [2.75, 3.05) is 11.7 Å². The molecule has 2 aliphatic rings. The molecule has 0 bridgehead atoms. The highest BCUT2D eigenvalue weighted by Gasteiger charge is 2.43. The summed E-state index contributed by atoms with van der Waals surface area (Å²) < 4.78 is 13.3. The number of hydrogen-bond acceptors (Lipinski definition) is 5. The van der Waals surface area contributed by atoms with Crippen molar-refractivity contribution in [1.82, 2.24) is 14.9 Å². The molecule has 2 atom stereocenters. The molecule has 0 unspecified atom stereocenters. The predicted molar refractivity (Wildman–Crippen MR) is 137 cm³/mol. The first kappa shape index (κ1) is 21.5. The lowest BCUT2D eigenvalue weighted by Gasteiger charge is -2.28. The van der Waals surface area contributed by atoms with E-state index in [0.717, 1.165) is 39.8 Å². The molecule has 4 aromatic rings. The lowest BCUT2D eigenvalue weighted by atomic mass is 9.96. The third-order valence-corrected chi connectivity index (χ3v) is 6.96. The predicted octanol–water partition coefficient (Wildman–Crippen LogP) is 5.10. The second-order valence-electron chi connectivity index (χ2n) is 8.68. The lowest BCUT2D eigenvalue weighted by Crippen LogP contribution is -2.29. The van der Waals surface area contributed by atoms with Gasteiger partial charge in [0.2, 0.25) is 6.79 Å². The fourth-order valence-corrected chi connectivity index (χ4v) is 5.45. The number of rotatable bonds is 4. The number of aromatic nitrogens is 2. The van der Waals surface area contributed by atoms with E-state index in [1.165, 1.54) is 0 Å². The van der Waals surface area contributed by atoms with Gasteiger partial charge in [-0.15, -0.1) is 0 Å². The fourth-order valence-electron chi connectivity index (χ4n) is 5.11. The summed E-state index contributed by atoms with van der Waals surface area (Å²) in [5.41, 5.74) is 5.76. The number of ether oxygens (including phenoxy) is 2. The monoisotopic (exact) mass is 484 g/mol. The molecule has 0 amide bonds. The van der Waals surface area contributed by atoms with Crippen molar-refractivity contribution in [2.45, 2.75) is 25.9 Å². The number of aromatic hydroxyl groups is 1. The molecule has 2 aromatic carbocycles. The van der Waals surface area contributed by atoms with Gasteiger partial charge in [-0.1, -0.05) is 18.2 Å². The van der Waals surface area contributed by atoms with Crippen LogP contribution in [-0.4, -0.2) is 26.6 Å². The Labute approximate surface area is 208 Å². The molecule has 35 heavy (non-hydrogen) atoms. The number of para-hydroxylation sites is 2. The van der Waals surface area contributed by atoms with Crippen LogP contribution in [0.4, 0.5) is 5.69 Å². The van der Waals surface area contributed by atoms with Gasteiger partial charge in [0.05, 0.1) is 23.5 Å². The summed E-state index contributed by atoms with van der Waals surface area (Å²) in [6.07, 6.45) is 1.79. The summed E-state index contributed by atoms with van der Waals surface area (Å²) in [5.74, 6) is 1.66. The van der Waals surface area contributed by atoms with Crippen LogP contribution in [0, 0.1) is 13.8 Å². The Hall–Kier alpha value is -4.04. The molecule has 0 aliphatic carbocycles. The quantitative estimate of drug-likeness (QED) is 0.391. The molecule has 7 nitrogen and oxygen atoms in total. The van der Waals surface area contributed by atoms with Gasteiger partial charge in [-0.3, -0.25) is 4.98 Å². The smallest absolute Gasteiger partial charge is 0.231 e. The van der Waals surface area contributed by atoms with Crippen LogP contribution in [-0.2, 0) is 0 Å². The third-order valence-electron chi connectivity index (χ3n) is 6.64. The summed E-state index contributed by atoms with van der Waals surface area (Å²) >= 11 is 5.81. The largest absolute Gasteiger partial charge is 0.506 e. The van der Waals surface area contributed by atoms with Crippen LogP contribution >= 0.6 is 12.2 Å². The van der Waals surface area contributed by atoms with Crippen LogP contribution in [0.3, 0.4) is 0 Å². The summed E-state index contributed by atoms with van der Waals surface area (Å²) in [6, 6.07) is 20.9. The second kappa shape index (κ2) is 8.32. The maximum absolute atomic E-state index is 10.7. The van der Waals surface area contributed by atoms with Crippen molar-refractivity contribution in [3.63, 3.8) is 0 Å². The van der Waals surface area contributed by atoms with Crippen molar-refractivity contribution >= 4 is 23.0 Å². The molecular weight excluding hydrogens is 460 g/mol. The standard InChI is InChI=1S/C27H24N4O3S/c1-16-13-19(17(2)30(16)18-10-11-23-24(14-18)34-15-33-23)26-25(20-7-5-6-12-28-20)29-27(35)31(26)21-8-3-4-9-22(21)32/h3-14,25-26,32H,15H2,1-2H3,(H,29,35)/t25-,26+/m1/s1. The minimum atomic E-state index is -0.223. The number of hydrogen-bond donors (Lipinski definition) is 2. The van der Waals surface area contributed by atoms with Gasteiger partial charge in [0.25, 0.3) is 0 Å². The van der Waals surface area contributed by atoms with E-state index in [1.807, 2.05) is 59.5 Å². The van der Waals surface area contributed by atoms with E-state index in [1.54, 1.807) is 12.3 Å². The lowest BCUT2D eigenvalue weighted by molar-refractivity contribution is 0.174. The highest BCUT2D eigenvalue weighted by molar-refractivity contribution is 7.80. The Morgan fingerprint density at radius 2 is 1.80 bits per heavy atom. The van der Waals surface area contributed by atoms with E-state index in [0.29, 0.717) is 10.8 Å². The zero-order valence-electron chi connectivity index (χ0n) is 19.3. The number of fused-ring (bicyclic) bond motifs is 1. The van der Waals surface area contributed by atoms with Gasteiger partial charge in [-0.05, 0) is 74.1 Å². The number of aryl methyl sites for hydroxylation is 1. The zero-order valence-corrected chi connectivity index (χ0v) is 20.1. The van der Waals surface area contributed by atoms with E-state index < -0.39 is 0 Å². The minimum absolute atomic E-state index is 0.174. The number of nitrogens with zero attached hydrogens (tertiary/aromatic N) is 3. The summed E-state index contributed by atoms with van der Waals surface area (Å²) in [5, 5.41) is 14.7. The van der Waals surface area contributed by atoms with Gasteiger partial charge in [-0.25, -0.2) is 0 Å². The Kier molecular flexibility index (Phi) is 5.11. The summed E-state index contributed by atoms with van der Waals surface area (Å²) in [4.78, 5) is 6.63. The highest BCUT2D eigenvalue weighted by atomic mass is 32.1. The fraction of sp³-hybridized carbons (Fsp3) is 0.185. The first-order valence-electron chi connectivity index (χ1n) is 11.4. The maximum atomic E-state index is 10.7. The first-order chi connectivity index (χ1) is 17.0. The molecule has 1 saturated heterocycles. The molecule has 2 aliphatic heterocycles. The van der Waals surface area contributed by atoms with E-state index in [-0.39, 0.29) is 24.6 Å². The normalized spacial score (nSPS) is 18.7. The van der Waals surface area contributed by atoms with Crippen LogP contribution in [0.15, 0.2) is 72.9 Å². The number of thiocarbonyl (C=S) groups is 1. The molecule has 6 rings (SSSR count). The number of benzene rings is 2. The second-order valence-corrected chi connectivity index (χ2v) is 9.07. The van der Waals surface area contributed by atoms with Crippen LogP contribution in [0.5, 0.6) is 17.2 Å². The average Bonchev–Trinajstić information content (AvgIpc) is 3.55. The van der Waals surface area contributed by atoms with Gasteiger partial charge in [-0.2, -0.15) is 0 Å². The molecule has 0 saturated carbocycles. The molecule has 2 N–H and O–H groups in total. The van der Waals surface area contributed by atoms with Crippen molar-refractivity contribution < 1.29 is 14.6 Å². The first-order valence-corrected chi connectivity index (χ1v) is 11.8. The van der Waals surface area contributed by atoms with Crippen LogP contribution in [0.1, 0.15) is 34.7 Å². The molecule has 8 heteroatoms. The molecule has 0 spiro atoms. The Bertz CT molecular complexity index is 1440. The Balaban J connectivity index is 1.51. The van der Waals surface area contributed by atoms with E-state index in [9.17, 15) is 5.11 Å². The van der Waals surface area contributed by atoms with Gasteiger partial charge in [0.15, 0.2) is 16.6 Å². The van der Waals surface area contributed by atoms with Crippen molar-refractivity contribution in [1.29, 1.82) is 0 Å². The van der Waals surface area contributed by atoms with Crippen molar-refractivity contribution in [3.8, 4) is 22.9 Å². The average molecular weight is 485 g/mol. The molecule has 2 aromatic heterocycles. The van der Waals surface area contributed by atoms with Gasteiger partial charge >= 0.3 is 0 Å². The number of nitrogens with one attached hydrogen (secondary N) is 1. The van der Waals surface area contributed by atoms with Crippen LogP contribution in [0.2, 0.25) is 0 Å².